The van der Waals surface area contributed by atoms with Crippen LogP contribution >= 0.6 is 0 Å². The van der Waals surface area contributed by atoms with Crippen LogP contribution in [0.5, 0.6) is 5.75 Å². The lowest BCUT2D eigenvalue weighted by Gasteiger charge is -2.24. The van der Waals surface area contributed by atoms with E-state index in [0.29, 0.717) is 25.0 Å². The molecule has 20 heavy (non-hydrogen) atoms. The normalized spacial score (nSPS) is 15.3. The van der Waals surface area contributed by atoms with Gasteiger partial charge in [0, 0.05) is 12.8 Å². The van der Waals surface area contributed by atoms with Crippen LogP contribution in [-0.2, 0) is 9.59 Å². The molecule has 106 valence electrons. The average Bonchev–Trinajstić information content (AvgIpc) is 2.42. The molecule has 2 amide bonds. The van der Waals surface area contributed by atoms with E-state index in [9.17, 15) is 14.4 Å². The molecule has 0 spiro atoms. The second kappa shape index (κ2) is 6.18. The number of rotatable bonds is 5. The van der Waals surface area contributed by atoms with E-state index in [4.69, 9.17) is 9.84 Å². The summed E-state index contributed by atoms with van der Waals surface area (Å²) in [4.78, 5) is 35.0. The molecule has 0 aromatic heterocycles. The van der Waals surface area contributed by atoms with Crippen molar-refractivity contribution in [3.63, 3.8) is 0 Å². The molecule has 0 unspecified atom stereocenters. The van der Waals surface area contributed by atoms with Gasteiger partial charge in [-0.3, -0.25) is 14.5 Å². The van der Waals surface area contributed by atoms with Crippen molar-refractivity contribution in [2.75, 3.05) is 13.2 Å². The average molecular weight is 277 g/mol. The van der Waals surface area contributed by atoms with Crippen LogP contribution in [0.15, 0.2) is 24.3 Å². The summed E-state index contributed by atoms with van der Waals surface area (Å²) >= 11 is 0. The first-order chi connectivity index (χ1) is 9.58. The number of amides is 2. The fraction of sp³-hybridized carbons (Fsp3) is 0.357. The van der Waals surface area contributed by atoms with Crippen LogP contribution in [0.2, 0.25) is 0 Å². The Morgan fingerprint density at radius 1 is 1.15 bits per heavy atom. The van der Waals surface area contributed by atoms with Gasteiger partial charge >= 0.3 is 5.97 Å². The third-order valence-corrected chi connectivity index (χ3v) is 3.07. The maximum absolute atomic E-state index is 11.6. The van der Waals surface area contributed by atoms with Gasteiger partial charge in [-0.25, -0.2) is 4.79 Å². The predicted molar refractivity (Wildman–Crippen MR) is 69.5 cm³/mol. The number of imide groups is 1. The third-order valence-electron chi connectivity index (χ3n) is 3.07. The highest BCUT2D eigenvalue weighted by Gasteiger charge is 2.25. The van der Waals surface area contributed by atoms with Crippen molar-refractivity contribution in [3.8, 4) is 5.75 Å². The van der Waals surface area contributed by atoms with Crippen LogP contribution in [0.3, 0.4) is 0 Å². The summed E-state index contributed by atoms with van der Waals surface area (Å²) in [5.74, 6) is -0.815. The number of benzene rings is 1. The summed E-state index contributed by atoms with van der Waals surface area (Å²) in [6.07, 6.45) is 1.42. The van der Waals surface area contributed by atoms with E-state index in [2.05, 4.69) is 0 Å². The van der Waals surface area contributed by atoms with Crippen molar-refractivity contribution in [2.45, 2.75) is 19.3 Å². The second-order valence-electron chi connectivity index (χ2n) is 4.47. The van der Waals surface area contributed by atoms with Crippen molar-refractivity contribution in [1.29, 1.82) is 0 Å². The second-order valence-corrected chi connectivity index (χ2v) is 4.47. The molecule has 2 rings (SSSR count). The standard InChI is InChI=1S/C14H15NO5/c16-12-2-1-3-13(17)15(12)8-9-20-11-6-4-10(5-7-11)14(18)19/h4-7H,1-3,8-9H2,(H,18,19). The summed E-state index contributed by atoms with van der Waals surface area (Å²) in [6, 6.07) is 5.97. The Bertz CT molecular complexity index is 507. The van der Waals surface area contributed by atoms with Gasteiger partial charge < -0.3 is 9.84 Å². The van der Waals surface area contributed by atoms with E-state index in [-0.39, 0.29) is 30.5 Å². The molecule has 0 radical (unpaired) electrons. The zero-order valence-corrected chi connectivity index (χ0v) is 10.9. The van der Waals surface area contributed by atoms with Gasteiger partial charge in [0.2, 0.25) is 11.8 Å². The van der Waals surface area contributed by atoms with Crippen LogP contribution in [0, 0.1) is 0 Å². The summed E-state index contributed by atoms with van der Waals surface area (Å²) < 4.78 is 5.40. The van der Waals surface area contributed by atoms with E-state index in [1.807, 2.05) is 0 Å². The van der Waals surface area contributed by atoms with Crippen LogP contribution in [0.4, 0.5) is 0 Å². The lowest BCUT2D eigenvalue weighted by atomic mass is 10.1. The fourth-order valence-corrected chi connectivity index (χ4v) is 2.00. The van der Waals surface area contributed by atoms with Gasteiger partial charge in [0.1, 0.15) is 12.4 Å². The molecular weight excluding hydrogens is 262 g/mol. The predicted octanol–water partition coefficient (Wildman–Crippen LogP) is 1.30. The molecule has 1 N–H and O–H groups in total. The first-order valence-corrected chi connectivity index (χ1v) is 6.37. The van der Waals surface area contributed by atoms with Crippen LogP contribution in [0.25, 0.3) is 0 Å². The molecule has 1 heterocycles. The SMILES string of the molecule is O=C(O)c1ccc(OCCN2C(=O)CCCC2=O)cc1. The number of nitrogens with zero attached hydrogens (tertiary/aromatic N) is 1. The summed E-state index contributed by atoms with van der Waals surface area (Å²) in [5, 5.41) is 8.76. The Hall–Kier alpha value is -2.37. The van der Waals surface area contributed by atoms with Gasteiger partial charge in [-0.2, -0.15) is 0 Å². The number of ether oxygens (including phenoxy) is 1. The highest BCUT2D eigenvalue weighted by Crippen LogP contribution is 2.14. The van der Waals surface area contributed by atoms with Crippen molar-refractivity contribution in [3.05, 3.63) is 29.8 Å². The van der Waals surface area contributed by atoms with E-state index in [0.717, 1.165) is 0 Å². The van der Waals surface area contributed by atoms with Crippen molar-refractivity contribution < 1.29 is 24.2 Å². The molecule has 1 aromatic rings. The number of carbonyl (C=O) groups excluding carboxylic acids is 2. The van der Waals surface area contributed by atoms with E-state index < -0.39 is 5.97 Å². The maximum Gasteiger partial charge on any atom is 0.335 e. The zero-order valence-electron chi connectivity index (χ0n) is 10.9. The Morgan fingerprint density at radius 3 is 2.30 bits per heavy atom. The Balaban J connectivity index is 1.84. The Kier molecular flexibility index (Phi) is 4.34. The summed E-state index contributed by atoms with van der Waals surface area (Å²) in [5.41, 5.74) is 0.179. The fourth-order valence-electron chi connectivity index (χ4n) is 2.00. The van der Waals surface area contributed by atoms with Crippen molar-refractivity contribution in [2.24, 2.45) is 0 Å². The molecule has 1 aliphatic rings. The van der Waals surface area contributed by atoms with Crippen molar-refractivity contribution in [1.82, 2.24) is 4.90 Å². The van der Waals surface area contributed by atoms with Gasteiger partial charge in [-0.05, 0) is 30.7 Å². The number of hydrogen-bond donors (Lipinski definition) is 1. The topological polar surface area (TPSA) is 83.9 Å². The minimum Gasteiger partial charge on any atom is -0.492 e. The number of hydrogen-bond acceptors (Lipinski definition) is 4. The van der Waals surface area contributed by atoms with Gasteiger partial charge in [0.25, 0.3) is 0 Å². The minimum atomic E-state index is -0.999. The molecule has 0 aliphatic carbocycles. The first kappa shape index (κ1) is 14.0. The van der Waals surface area contributed by atoms with Gasteiger partial charge in [0.05, 0.1) is 12.1 Å². The number of piperidine rings is 1. The zero-order chi connectivity index (χ0) is 14.5. The highest BCUT2D eigenvalue weighted by atomic mass is 16.5. The monoisotopic (exact) mass is 277 g/mol. The Labute approximate surface area is 115 Å². The maximum atomic E-state index is 11.6. The molecule has 6 nitrogen and oxygen atoms in total. The van der Waals surface area contributed by atoms with E-state index >= 15 is 0 Å². The molecule has 1 aliphatic heterocycles. The molecule has 1 fully saturated rings. The van der Waals surface area contributed by atoms with Crippen LogP contribution in [-0.4, -0.2) is 40.9 Å². The summed E-state index contributed by atoms with van der Waals surface area (Å²) in [6.45, 7) is 0.419. The molecule has 0 atom stereocenters. The molecule has 0 bridgehead atoms. The number of carboxylic acids is 1. The van der Waals surface area contributed by atoms with Gasteiger partial charge in [-0.15, -0.1) is 0 Å². The van der Waals surface area contributed by atoms with Crippen molar-refractivity contribution >= 4 is 17.8 Å². The molecular formula is C14H15NO5. The third kappa shape index (κ3) is 3.34. The van der Waals surface area contributed by atoms with Crippen LogP contribution < -0.4 is 4.74 Å². The highest BCUT2D eigenvalue weighted by molar-refractivity contribution is 5.97. The number of carbonyl (C=O) groups is 3. The van der Waals surface area contributed by atoms with Crippen LogP contribution in [0.1, 0.15) is 29.6 Å². The van der Waals surface area contributed by atoms with Gasteiger partial charge in [0.15, 0.2) is 0 Å². The number of carboxylic acid groups (broad SMARTS) is 1. The number of aromatic carboxylic acids is 1. The molecule has 0 saturated carbocycles. The van der Waals surface area contributed by atoms with E-state index in [1.54, 1.807) is 12.1 Å². The Morgan fingerprint density at radius 2 is 1.75 bits per heavy atom. The lowest BCUT2D eigenvalue weighted by molar-refractivity contribution is -0.148. The molecule has 6 heteroatoms. The van der Waals surface area contributed by atoms with Gasteiger partial charge in [-0.1, -0.05) is 0 Å². The largest absolute Gasteiger partial charge is 0.492 e. The first-order valence-electron chi connectivity index (χ1n) is 6.37. The smallest absolute Gasteiger partial charge is 0.335 e. The molecule has 1 aromatic carbocycles. The van der Waals surface area contributed by atoms with E-state index in [1.165, 1.54) is 17.0 Å². The quantitative estimate of drug-likeness (QED) is 0.820. The number of likely N-dealkylation sites (tertiary alicyclic amines) is 1. The lowest BCUT2D eigenvalue weighted by Crippen LogP contribution is -2.42. The summed E-state index contributed by atoms with van der Waals surface area (Å²) in [7, 11) is 0. The minimum absolute atomic E-state index is 0.161. The molecule has 1 saturated heterocycles.